The maximum absolute atomic E-state index is 14.9. The number of rotatable bonds is 9. The third kappa shape index (κ3) is 6.75. The minimum Gasteiger partial charge on any atom is -0.383 e. The van der Waals surface area contributed by atoms with E-state index in [4.69, 9.17) is 9.47 Å². The van der Waals surface area contributed by atoms with Crippen LogP contribution >= 0.6 is 0 Å². The molecule has 2 N–H and O–H groups in total. The molecule has 5 aromatic rings. The number of ether oxygens (including phenoxy) is 2. The van der Waals surface area contributed by atoms with Crippen molar-refractivity contribution >= 4 is 22.4 Å². The summed E-state index contributed by atoms with van der Waals surface area (Å²) in [5.74, 6) is -2.82. The fourth-order valence-electron chi connectivity index (χ4n) is 5.76. The Bertz CT molecular complexity index is 1790. The average molecular weight is 617 g/mol. The second kappa shape index (κ2) is 12.8. The Kier molecular flexibility index (Phi) is 8.66. The van der Waals surface area contributed by atoms with Gasteiger partial charge in [-0.05, 0) is 71.6 Å². The zero-order chi connectivity index (χ0) is 31.6. The molecule has 0 aliphatic carbocycles. The summed E-state index contributed by atoms with van der Waals surface area (Å²) in [4.78, 5) is 16.6. The van der Waals surface area contributed by atoms with Crippen LogP contribution in [0.2, 0.25) is 0 Å². The lowest BCUT2D eigenvalue weighted by molar-refractivity contribution is -0.210. The highest BCUT2D eigenvalue weighted by molar-refractivity contribution is 6.06. The van der Waals surface area contributed by atoms with Gasteiger partial charge in [-0.2, -0.15) is 5.10 Å². The monoisotopic (exact) mass is 616 g/mol. The van der Waals surface area contributed by atoms with Crippen molar-refractivity contribution in [3.8, 4) is 0 Å². The molecule has 1 aliphatic rings. The lowest BCUT2D eigenvalue weighted by Crippen LogP contribution is -2.41. The van der Waals surface area contributed by atoms with E-state index < -0.39 is 29.4 Å². The van der Waals surface area contributed by atoms with Crippen molar-refractivity contribution in [3.63, 3.8) is 0 Å². The van der Waals surface area contributed by atoms with Gasteiger partial charge in [0.25, 0.3) is 5.91 Å². The van der Waals surface area contributed by atoms with E-state index in [9.17, 15) is 23.1 Å². The van der Waals surface area contributed by atoms with Gasteiger partial charge in [-0.15, -0.1) is 0 Å². The van der Waals surface area contributed by atoms with Gasteiger partial charge in [0, 0.05) is 34.4 Å². The lowest BCUT2D eigenvalue weighted by atomic mass is 9.77. The first-order valence-corrected chi connectivity index (χ1v) is 14.5. The molecule has 2 heterocycles. The summed E-state index contributed by atoms with van der Waals surface area (Å²) in [5, 5.41) is 20.4. The molecular weight excluding hydrogens is 585 g/mol. The Labute approximate surface area is 257 Å². The van der Waals surface area contributed by atoms with Gasteiger partial charge in [0.15, 0.2) is 6.29 Å². The summed E-state index contributed by atoms with van der Waals surface area (Å²) >= 11 is 0. The van der Waals surface area contributed by atoms with Crippen LogP contribution in [-0.4, -0.2) is 39.0 Å². The minimum absolute atomic E-state index is 0.0188. The number of nitrogens with zero attached hydrogens (tertiary/aromatic N) is 3. The highest BCUT2D eigenvalue weighted by Crippen LogP contribution is 2.39. The Hall–Kier alpha value is -4.58. The molecule has 2 atom stereocenters. The molecule has 6 rings (SSSR count). The molecule has 4 aromatic carbocycles. The highest BCUT2D eigenvalue weighted by atomic mass is 19.1. The van der Waals surface area contributed by atoms with Crippen LogP contribution in [0.15, 0.2) is 91.5 Å². The molecule has 45 heavy (non-hydrogen) atoms. The molecule has 0 saturated carbocycles. The molecular formula is C34H31F3N4O4. The number of anilines is 1. The number of halogens is 3. The Morgan fingerprint density at radius 3 is 2.40 bits per heavy atom. The highest BCUT2D eigenvalue weighted by Gasteiger charge is 2.40. The number of aliphatic hydroxyl groups is 1. The van der Waals surface area contributed by atoms with Gasteiger partial charge in [-0.3, -0.25) is 4.79 Å². The molecule has 1 amide bonds. The number of nitrogens with one attached hydrogen (secondary N) is 1. The van der Waals surface area contributed by atoms with E-state index in [1.54, 1.807) is 12.1 Å². The first kappa shape index (κ1) is 30.4. The van der Waals surface area contributed by atoms with Crippen LogP contribution in [-0.2, 0) is 21.6 Å². The van der Waals surface area contributed by atoms with Crippen molar-refractivity contribution in [2.24, 2.45) is 11.8 Å². The summed E-state index contributed by atoms with van der Waals surface area (Å²) in [7, 11) is 0. The molecule has 1 fully saturated rings. The van der Waals surface area contributed by atoms with Gasteiger partial charge in [0.1, 0.15) is 35.7 Å². The van der Waals surface area contributed by atoms with Crippen molar-refractivity contribution in [3.05, 3.63) is 126 Å². The quantitative estimate of drug-likeness (QED) is 0.200. The van der Waals surface area contributed by atoms with E-state index in [1.807, 2.05) is 31.2 Å². The zero-order valence-corrected chi connectivity index (χ0v) is 24.4. The van der Waals surface area contributed by atoms with Crippen LogP contribution < -0.4 is 5.32 Å². The second-order valence-corrected chi connectivity index (χ2v) is 11.4. The van der Waals surface area contributed by atoms with Crippen LogP contribution in [0.25, 0.3) is 10.8 Å². The first-order chi connectivity index (χ1) is 21.7. The summed E-state index contributed by atoms with van der Waals surface area (Å²) in [5.41, 5.74) is 0.0584. The summed E-state index contributed by atoms with van der Waals surface area (Å²) in [6.07, 6.45) is 2.60. The molecule has 1 aliphatic heterocycles. The number of fused-ring (bicyclic) bond motifs is 1. The van der Waals surface area contributed by atoms with E-state index in [0.29, 0.717) is 30.9 Å². The summed E-state index contributed by atoms with van der Waals surface area (Å²) < 4.78 is 55.3. The number of hydrogen-bond donors (Lipinski definition) is 2. The fourth-order valence-corrected chi connectivity index (χ4v) is 5.76. The SMILES string of the molecule is CC(CC1COC(c2ccc3cc(C(=O)Nc4ccc(F)cc4)ccc3c2)OC1)C(O)(Cn1cncn1)c1ccc(F)cc1F. The van der Waals surface area contributed by atoms with Crippen molar-refractivity contribution in [1.29, 1.82) is 0 Å². The predicted molar refractivity (Wildman–Crippen MR) is 160 cm³/mol. The minimum atomic E-state index is -1.70. The molecule has 1 aromatic heterocycles. The summed E-state index contributed by atoms with van der Waals surface area (Å²) in [6.45, 7) is 2.44. The molecule has 1 saturated heterocycles. The Morgan fingerprint density at radius 1 is 0.978 bits per heavy atom. The molecule has 2 unspecified atom stereocenters. The van der Waals surface area contributed by atoms with E-state index in [-0.39, 0.29) is 29.8 Å². The maximum Gasteiger partial charge on any atom is 0.255 e. The molecule has 8 nitrogen and oxygen atoms in total. The number of carbonyl (C=O) groups excluding carboxylic acids is 1. The number of benzene rings is 4. The van der Waals surface area contributed by atoms with Crippen molar-refractivity contribution < 1.29 is 32.5 Å². The van der Waals surface area contributed by atoms with E-state index >= 15 is 0 Å². The summed E-state index contributed by atoms with van der Waals surface area (Å²) in [6, 6.07) is 19.8. The van der Waals surface area contributed by atoms with Gasteiger partial charge < -0.3 is 19.9 Å². The first-order valence-electron chi connectivity index (χ1n) is 14.5. The third-order valence-corrected chi connectivity index (χ3v) is 8.24. The van der Waals surface area contributed by atoms with Crippen molar-refractivity contribution in [1.82, 2.24) is 14.8 Å². The zero-order valence-electron chi connectivity index (χ0n) is 24.4. The molecule has 232 valence electrons. The predicted octanol–water partition coefficient (Wildman–Crippen LogP) is 6.38. The smallest absolute Gasteiger partial charge is 0.255 e. The van der Waals surface area contributed by atoms with Crippen LogP contribution in [0.4, 0.5) is 18.9 Å². The standard InChI is InChI=1S/C34H31F3N4O4/c1-21(34(43,18-41-20-38-19-39-41)30-11-8-28(36)15-31(30)37)12-22-16-44-33(45-17-22)26-5-3-23-13-25(4-2-24(23)14-26)32(42)40-29-9-6-27(35)7-10-29/h2-11,13-15,19-22,33,43H,12,16-18H2,1H3,(H,40,42). The number of carbonyl (C=O) groups is 1. The maximum atomic E-state index is 14.9. The van der Waals surface area contributed by atoms with Crippen LogP contribution in [0.5, 0.6) is 0 Å². The largest absolute Gasteiger partial charge is 0.383 e. The van der Waals surface area contributed by atoms with Crippen molar-refractivity contribution in [2.75, 3.05) is 18.5 Å². The van der Waals surface area contributed by atoms with Gasteiger partial charge >= 0.3 is 0 Å². The topological polar surface area (TPSA) is 98.5 Å². The van der Waals surface area contributed by atoms with E-state index in [0.717, 1.165) is 28.5 Å². The molecule has 0 bridgehead atoms. The molecule has 0 spiro atoms. The second-order valence-electron chi connectivity index (χ2n) is 11.4. The van der Waals surface area contributed by atoms with Crippen LogP contribution in [0.1, 0.15) is 41.1 Å². The number of amides is 1. The fraction of sp³-hybridized carbons (Fsp3) is 0.265. The molecule has 11 heteroatoms. The van der Waals surface area contributed by atoms with Gasteiger partial charge in [-0.1, -0.05) is 31.2 Å². The van der Waals surface area contributed by atoms with Gasteiger partial charge in [-0.25, -0.2) is 22.8 Å². The van der Waals surface area contributed by atoms with Crippen LogP contribution in [0.3, 0.4) is 0 Å². The van der Waals surface area contributed by atoms with Crippen molar-refractivity contribution in [2.45, 2.75) is 31.8 Å². The Balaban J connectivity index is 1.10. The van der Waals surface area contributed by atoms with Gasteiger partial charge in [0.2, 0.25) is 0 Å². The average Bonchev–Trinajstić information content (AvgIpc) is 3.54. The lowest BCUT2D eigenvalue weighted by Gasteiger charge is -2.38. The number of hydrogen-bond acceptors (Lipinski definition) is 6. The number of aromatic nitrogens is 3. The third-order valence-electron chi connectivity index (χ3n) is 8.24. The van der Waals surface area contributed by atoms with Crippen LogP contribution in [0, 0.1) is 29.3 Å². The van der Waals surface area contributed by atoms with Gasteiger partial charge in [0.05, 0.1) is 19.8 Å². The Morgan fingerprint density at radius 2 is 1.69 bits per heavy atom. The van der Waals surface area contributed by atoms with E-state index in [1.165, 1.54) is 47.7 Å². The molecule has 0 radical (unpaired) electrons. The van der Waals surface area contributed by atoms with E-state index in [2.05, 4.69) is 15.4 Å². The normalized spacial score (nSPS) is 18.8.